The zero-order valence-electron chi connectivity index (χ0n) is 14.7. The van der Waals surface area contributed by atoms with E-state index < -0.39 is 82.8 Å². The molecule has 0 aliphatic carbocycles. The van der Waals surface area contributed by atoms with E-state index in [0.29, 0.717) is 0 Å². The molecule has 27 heavy (non-hydrogen) atoms. The van der Waals surface area contributed by atoms with Crippen molar-refractivity contribution in [3.63, 3.8) is 0 Å². The lowest BCUT2D eigenvalue weighted by Crippen LogP contribution is -2.61. The standard InChI is InChI=1S/C14H26O12S/c1-23-13-11(19)9(17)7(15)5(25-13)3-27(21,22)4-6-8(16)10(18)12(20)14(24-2)26-6/h5-20H,3-4H2,1-2H3/t5-,6-,7-,8-,9-,10+,11-,12-,13+,14+/m1/s1. The van der Waals surface area contributed by atoms with Crippen molar-refractivity contribution in [3.8, 4) is 0 Å². The Morgan fingerprint density at radius 2 is 1.00 bits per heavy atom. The summed E-state index contributed by atoms with van der Waals surface area (Å²) in [6, 6.07) is 0. The van der Waals surface area contributed by atoms with Gasteiger partial charge in [0.05, 0.1) is 11.5 Å². The SMILES string of the molecule is CO[C@H]1O[C@H](CS(=O)(=O)C[C@H]2O[C@H](OC)[C@H](O)[C@H](O)[C@@H]2O)[C@@H](O)[C@H](O)[C@H]1O. The molecule has 0 aromatic rings. The van der Waals surface area contributed by atoms with Crippen LogP contribution in [-0.2, 0) is 28.8 Å². The average molecular weight is 418 g/mol. The minimum atomic E-state index is -4.06. The fraction of sp³-hybridized carbons (Fsp3) is 1.00. The first-order valence-electron chi connectivity index (χ1n) is 8.17. The maximum absolute atomic E-state index is 12.5. The van der Waals surface area contributed by atoms with Crippen LogP contribution < -0.4 is 0 Å². The number of hydrogen-bond donors (Lipinski definition) is 6. The van der Waals surface area contributed by atoms with Crippen molar-refractivity contribution in [2.45, 2.75) is 61.4 Å². The summed E-state index contributed by atoms with van der Waals surface area (Å²) in [5.74, 6) is -1.55. The molecule has 12 nitrogen and oxygen atoms in total. The molecule has 0 aromatic heterocycles. The van der Waals surface area contributed by atoms with Gasteiger partial charge in [0.2, 0.25) is 0 Å². The van der Waals surface area contributed by atoms with Crippen molar-refractivity contribution >= 4 is 9.84 Å². The zero-order chi connectivity index (χ0) is 20.5. The molecule has 6 N–H and O–H groups in total. The van der Waals surface area contributed by atoms with Crippen LogP contribution >= 0.6 is 0 Å². The summed E-state index contributed by atoms with van der Waals surface area (Å²) in [5.41, 5.74) is 0. The number of aliphatic hydroxyl groups excluding tert-OH is 6. The van der Waals surface area contributed by atoms with Crippen LogP contribution in [-0.4, -0.2) is 126 Å². The van der Waals surface area contributed by atoms with Crippen molar-refractivity contribution in [1.82, 2.24) is 0 Å². The van der Waals surface area contributed by atoms with Crippen LogP contribution in [0.25, 0.3) is 0 Å². The van der Waals surface area contributed by atoms with Gasteiger partial charge in [-0.25, -0.2) is 8.42 Å². The predicted molar refractivity (Wildman–Crippen MR) is 86.0 cm³/mol. The lowest BCUT2D eigenvalue weighted by molar-refractivity contribution is -0.286. The van der Waals surface area contributed by atoms with Gasteiger partial charge in [-0.1, -0.05) is 0 Å². The fourth-order valence-corrected chi connectivity index (χ4v) is 4.76. The summed E-state index contributed by atoms with van der Waals surface area (Å²) in [6.07, 6.45) is -15.4. The summed E-state index contributed by atoms with van der Waals surface area (Å²) >= 11 is 0. The first-order valence-corrected chi connectivity index (χ1v) is 10.00. The zero-order valence-corrected chi connectivity index (χ0v) is 15.5. The molecule has 2 heterocycles. The van der Waals surface area contributed by atoms with Crippen LogP contribution in [0.5, 0.6) is 0 Å². The summed E-state index contributed by atoms with van der Waals surface area (Å²) in [7, 11) is -1.71. The Balaban J connectivity index is 2.07. The minimum absolute atomic E-state index is 0.777. The Labute approximate surface area is 155 Å². The summed E-state index contributed by atoms with van der Waals surface area (Å²) in [4.78, 5) is 0. The number of sulfone groups is 1. The first kappa shape index (κ1) is 22.8. The van der Waals surface area contributed by atoms with Gasteiger partial charge < -0.3 is 49.6 Å². The number of rotatable bonds is 6. The predicted octanol–water partition coefficient (Wildman–Crippen LogP) is -4.69. The van der Waals surface area contributed by atoms with E-state index in [0.717, 1.165) is 0 Å². The van der Waals surface area contributed by atoms with Crippen molar-refractivity contribution in [3.05, 3.63) is 0 Å². The number of methoxy groups -OCH3 is 2. The third kappa shape index (κ3) is 4.94. The van der Waals surface area contributed by atoms with E-state index in [4.69, 9.17) is 18.9 Å². The van der Waals surface area contributed by atoms with Crippen molar-refractivity contribution in [1.29, 1.82) is 0 Å². The van der Waals surface area contributed by atoms with E-state index in [1.54, 1.807) is 0 Å². The molecule has 2 saturated heterocycles. The Hall–Kier alpha value is -0.450. The van der Waals surface area contributed by atoms with Gasteiger partial charge in [-0.2, -0.15) is 0 Å². The van der Waals surface area contributed by atoms with Gasteiger partial charge in [-0.3, -0.25) is 0 Å². The second-order valence-corrected chi connectivity index (χ2v) is 8.73. The average Bonchev–Trinajstić information content (AvgIpc) is 2.62. The van der Waals surface area contributed by atoms with E-state index in [1.165, 1.54) is 14.2 Å². The molecular weight excluding hydrogens is 392 g/mol. The molecule has 0 unspecified atom stereocenters. The molecule has 2 aliphatic heterocycles. The highest BCUT2D eigenvalue weighted by atomic mass is 32.2. The van der Waals surface area contributed by atoms with Gasteiger partial charge in [-0.05, 0) is 0 Å². The largest absolute Gasteiger partial charge is 0.388 e. The first-order chi connectivity index (χ1) is 12.5. The summed E-state index contributed by atoms with van der Waals surface area (Å²) in [5, 5.41) is 59.0. The molecule has 0 spiro atoms. The van der Waals surface area contributed by atoms with Crippen LogP contribution in [0, 0.1) is 0 Å². The smallest absolute Gasteiger partial charge is 0.186 e. The summed E-state index contributed by atoms with van der Waals surface area (Å²) < 4.78 is 44.9. The second-order valence-electron chi connectivity index (χ2n) is 6.58. The second kappa shape index (κ2) is 8.92. The van der Waals surface area contributed by atoms with Gasteiger partial charge in [0, 0.05) is 14.2 Å². The third-order valence-corrected chi connectivity index (χ3v) is 6.31. The topological polar surface area (TPSA) is 192 Å². The van der Waals surface area contributed by atoms with Gasteiger partial charge in [0.15, 0.2) is 22.4 Å². The Kier molecular flexibility index (Phi) is 7.54. The lowest BCUT2D eigenvalue weighted by atomic mass is 10.00. The Bertz CT molecular complexity index is 537. The molecule has 10 atom stereocenters. The highest BCUT2D eigenvalue weighted by Crippen LogP contribution is 2.26. The normalized spacial score (nSPS) is 46.4. The van der Waals surface area contributed by atoms with E-state index in [2.05, 4.69) is 0 Å². The maximum Gasteiger partial charge on any atom is 0.186 e. The van der Waals surface area contributed by atoms with Gasteiger partial charge in [-0.15, -0.1) is 0 Å². The molecule has 13 heteroatoms. The van der Waals surface area contributed by atoms with Crippen LogP contribution in [0.4, 0.5) is 0 Å². The van der Waals surface area contributed by atoms with Gasteiger partial charge in [0.1, 0.15) is 48.8 Å². The molecule has 0 aromatic carbocycles. The molecule has 0 saturated carbocycles. The molecular formula is C14H26O12S. The number of hydrogen-bond acceptors (Lipinski definition) is 12. The van der Waals surface area contributed by atoms with Crippen LogP contribution in [0.3, 0.4) is 0 Å². The molecule has 160 valence electrons. The van der Waals surface area contributed by atoms with Gasteiger partial charge >= 0.3 is 0 Å². The van der Waals surface area contributed by atoms with Crippen molar-refractivity contribution < 1.29 is 58.0 Å². The highest BCUT2D eigenvalue weighted by Gasteiger charge is 2.48. The van der Waals surface area contributed by atoms with Crippen LogP contribution in [0.1, 0.15) is 0 Å². The molecule has 0 amide bonds. The molecule has 0 bridgehead atoms. The number of ether oxygens (including phenoxy) is 4. The summed E-state index contributed by atoms with van der Waals surface area (Å²) in [6.45, 7) is 0. The third-order valence-electron chi connectivity index (χ3n) is 4.64. The van der Waals surface area contributed by atoms with Crippen LogP contribution in [0.15, 0.2) is 0 Å². The number of aliphatic hydroxyl groups is 6. The van der Waals surface area contributed by atoms with Gasteiger partial charge in [0.25, 0.3) is 0 Å². The Morgan fingerprint density at radius 1 is 0.667 bits per heavy atom. The molecule has 2 rings (SSSR count). The van der Waals surface area contributed by atoms with E-state index >= 15 is 0 Å². The monoisotopic (exact) mass is 418 g/mol. The van der Waals surface area contributed by atoms with Crippen molar-refractivity contribution in [2.75, 3.05) is 25.7 Å². The van der Waals surface area contributed by atoms with E-state index in [-0.39, 0.29) is 0 Å². The maximum atomic E-state index is 12.5. The highest BCUT2D eigenvalue weighted by molar-refractivity contribution is 7.91. The van der Waals surface area contributed by atoms with E-state index in [9.17, 15) is 39.1 Å². The quantitative estimate of drug-likeness (QED) is 0.242. The molecule has 2 fully saturated rings. The van der Waals surface area contributed by atoms with Crippen molar-refractivity contribution in [2.24, 2.45) is 0 Å². The Morgan fingerprint density at radius 3 is 1.30 bits per heavy atom. The van der Waals surface area contributed by atoms with Crippen LogP contribution in [0.2, 0.25) is 0 Å². The van der Waals surface area contributed by atoms with E-state index in [1.807, 2.05) is 0 Å². The fourth-order valence-electron chi connectivity index (χ4n) is 3.07. The molecule has 0 radical (unpaired) electrons. The minimum Gasteiger partial charge on any atom is -0.388 e. The molecule has 2 aliphatic rings. The lowest BCUT2D eigenvalue weighted by Gasteiger charge is -2.41.